The summed E-state index contributed by atoms with van der Waals surface area (Å²) in [4.78, 5) is 2.70. The van der Waals surface area contributed by atoms with Crippen molar-refractivity contribution in [1.29, 1.82) is 0 Å². The first-order valence-corrected chi connectivity index (χ1v) is 9.13. The van der Waals surface area contributed by atoms with Gasteiger partial charge in [-0.1, -0.05) is 30.3 Å². The van der Waals surface area contributed by atoms with Crippen LogP contribution in [0.25, 0.3) is 0 Å². The average Bonchev–Trinajstić information content (AvgIpc) is 2.50. The molecule has 1 atom stereocenters. The van der Waals surface area contributed by atoms with E-state index >= 15 is 0 Å². The Morgan fingerprint density at radius 1 is 1.15 bits per heavy atom. The molecule has 3 rings (SSSR count). The lowest BCUT2D eigenvalue weighted by atomic mass is 10.00. The van der Waals surface area contributed by atoms with Gasteiger partial charge >= 0.3 is 0 Å². The zero-order valence-electron chi connectivity index (χ0n) is 12.3. The van der Waals surface area contributed by atoms with E-state index < -0.39 is 0 Å². The first-order chi connectivity index (χ1) is 9.90. The van der Waals surface area contributed by atoms with E-state index in [2.05, 4.69) is 52.3 Å². The third-order valence-corrected chi connectivity index (χ3v) is 5.57. The summed E-state index contributed by atoms with van der Waals surface area (Å²) < 4.78 is 0. The fraction of sp³-hybridized carbons (Fsp3) is 0.647. The number of thioether (sulfide) groups is 1. The van der Waals surface area contributed by atoms with Crippen LogP contribution in [0.2, 0.25) is 0 Å². The quantitative estimate of drug-likeness (QED) is 0.918. The smallest absolute Gasteiger partial charge is 0.0235 e. The molecule has 1 aromatic carbocycles. The Morgan fingerprint density at radius 3 is 2.75 bits per heavy atom. The van der Waals surface area contributed by atoms with E-state index in [0.717, 1.165) is 18.9 Å². The van der Waals surface area contributed by atoms with Gasteiger partial charge in [-0.2, -0.15) is 11.8 Å². The van der Waals surface area contributed by atoms with E-state index in [-0.39, 0.29) is 0 Å². The first-order valence-electron chi connectivity index (χ1n) is 7.97. The van der Waals surface area contributed by atoms with E-state index in [4.69, 9.17) is 0 Å². The minimum Gasteiger partial charge on any atom is -0.311 e. The molecule has 1 N–H and O–H groups in total. The van der Waals surface area contributed by atoms with Crippen LogP contribution in [0, 0.1) is 5.92 Å². The molecule has 0 spiro atoms. The molecular formula is C17H26N2S. The van der Waals surface area contributed by atoms with Crippen molar-refractivity contribution in [2.75, 3.05) is 37.7 Å². The fourth-order valence-corrected chi connectivity index (χ4v) is 4.59. The van der Waals surface area contributed by atoms with Gasteiger partial charge in [-0.05, 0) is 42.2 Å². The topological polar surface area (TPSA) is 15.3 Å². The van der Waals surface area contributed by atoms with Crippen molar-refractivity contribution in [3.05, 3.63) is 35.9 Å². The largest absolute Gasteiger partial charge is 0.311 e. The summed E-state index contributed by atoms with van der Waals surface area (Å²) in [6.07, 6.45) is 4.02. The van der Waals surface area contributed by atoms with Crippen LogP contribution in [-0.4, -0.2) is 48.6 Å². The maximum absolute atomic E-state index is 3.69. The lowest BCUT2D eigenvalue weighted by molar-refractivity contribution is 0.168. The van der Waals surface area contributed by atoms with Gasteiger partial charge in [0.25, 0.3) is 0 Å². The predicted octanol–water partition coefficient (Wildman–Crippen LogP) is 2.65. The molecule has 0 bridgehead atoms. The number of hydrogen-bond acceptors (Lipinski definition) is 3. The molecular weight excluding hydrogens is 264 g/mol. The molecule has 1 unspecified atom stereocenters. The van der Waals surface area contributed by atoms with Crippen molar-refractivity contribution >= 4 is 11.8 Å². The molecule has 20 heavy (non-hydrogen) atoms. The standard InChI is InChI=1S/C17H26N2S/c1-2-4-15(5-3-1)12-17-14-19(9-8-18-17)13-16-6-10-20-11-7-16/h1-5,16-18H,6-14H2. The lowest BCUT2D eigenvalue weighted by Gasteiger charge is -2.36. The van der Waals surface area contributed by atoms with Crippen LogP contribution < -0.4 is 5.32 Å². The maximum Gasteiger partial charge on any atom is 0.0235 e. The maximum atomic E-state index is 3.69. The highest BCUT2D eigenvalue weighted by Gasteiger charge is 2.23. The van der Waals surface area contributed by atoms with Gasteiger partial charge in [0, 0.05) is 32.2 Å². The molecule has 2 aliphatic heterocycles. The van der Waals surface area contributed by atoms with Crippen LogP contribution >= 0.6 is 11.8 Å². The Labute approximate surface area is 127 Å². The molecule has 0 aliphatic carbocycles. The molecule has 1 aromatic rings. The van der Waals surface area contributed by atoms with Crippen LogP contribution in [0.3, 0.4) is 0 Å². The van der Waals surface area contributed by atoms with Crippen LogP contribution in [0.4, 0.5) is 0 Å². The molecule has 2 saturated heterocycles. The third kappa shape index (κ3) is 4.24. The Kier molecular flexibility index (Phi) is 5.40. The van der Waals surface area contributed by atoms with Gasteiger partial charge in [0.2, 0.25) is 0 Å². The minimum atomic E-state index is 0.629. The second-order valence-electron chi connectivity index (χ2n) is 6.16. The number of piperazine rings is 1. The number of benzene rings is 1. The first kappa shape index (κ1) is 14.4. The zero-order chi connectivity index (χ0) is 13.6. The van der Waals surface area contributed by atoms with E-state index in [1.54, 1.807) is 0 Å². The molecule has 0 radical (unpaired) electrons. The summed E-state index contributed by atoms with van der Waals surface area (Å²) in [5, 5.41) is 3.69. The molecule has 2 heterocycles. The van der Waals surface area contributed by atoms with Gasteiger partial charge in [0.15, 0.2) is 0 Å². The molecule has 2 nitrogen and oxygen atoms in total. The Hall–Kier alpha value is -0.510. The SMILES string of the molecule is c1ccc(CC2CN(CC3CCSCC3)CCN2)cc1. The number of rotatable bonds is 4. The zero-order valence-corrected chi connectivity index (χ0v) is 13.1. The predicted molar refractivity (Wildman–Crippen MR) is 88.4 cm³/mol. The van der Waals surface area contributed by atoms with Gasteiger partial charge in [-0.3, -0.25) is 0 Å². The van der Waals surface area contributed by atoms with Gasteiger partial charge < -0.3 is 10.2 Å². The van der Waals surface area contributed by atoms with E-state index in [1.807, 2.05) is 0 Å². The van der Waals surface area contributed by atoms with Crippen molar-refractivity contribution in [3.63, 3.8) is 0 Å². The number of nitrogens with zero attached hydrogens (tertiary/aromatic N) is 1. The molecule has 2 fully saturated rings. The minimum absolute atomic E-state index is 0.629. The second-order valence-corrected chi connectivity index (χ2v) is 7.38. The Morgan fingerprint density at radius 2 is 1.95 bits per heavy atom. The van der Waals surface area contributed by atoms with Crippen molar-refractivity contribution in [1.82, 2.24) is 10.2 Å². The number of nitrogens with one attached hydrogen (secondary N) is 1. The van der Waals surface area contributed by atoms with Crippen molar-refractivity contribution in [2.45, 2.75) is 25.3 Å². The van der Waals surface area contributed by atoms with Crippen molar-refractivity contribution in [2.24, 2.45) is 5.92 Å². The van der Waals surface area contributed by atoms with E-state index in [9.17, 15) is 0 Å². The molecule has 2 aliphatic rings. The van der Waals surface area contributed by atoms with Crippen molar-refractivity contribution < 1.29 is 0 Å². The summed E-state index contributed by atoms with van der Waals surface area (Å²) in [6, 6.07) is 11.5. The summed E-state index contributed by atoms with van der Waals surface area (Å²) >= 11 is 2.13. The summed E-state index contributed by atoms with van der Waals surface area (Å²) in [6.45, 7) is 4.93. The Bertz CT molecular complexity index is 389. The highest BCUT2D eigenvalue weighted by atomic mass is 32.2. The summed E-state index contributed by atoms with van der Waals surface area (Å²) in [5.74, 6) is 3.71. The molecule has 0 amide bonds. The van der Waals surface area contributed by atoms with E-state index in [1.165, 1.54) is 49.5 Å². The van der Waals surface area contributed by atoms with Crippen LogP contribution in [0.1, 0.15) is 18.4 Å². The Balaban J connectivity index is 1.48. The molecule has 3 heteroatoms. The van der Waals surface area contributed by atoms with Gasteiger partial charge in [0.1, 0.15) is 0 Å². The van der Waals surface area contributed by atoms with Crippen molar-refractivity contribution in [3.8, 4) is 0 Å². The average molecular weight is 290 g/mol. The monoisotopic (exact) mass is 290 g/mol. The lowest BCUT2D eigenvalue weighted by Crippen LogP contribution is -2.52. The fourth-order valence-electron chi connectivity index (χ4n) is 3.39. The molecule has 110 valence electrons. The summed E-state index contributed by atoms with van der Waals surface area (Å²) in [7, 11) is 0. The molecule has 0 aromatic heterocycles. The highest BCUT2D eigenvalue weighted by Crippen LogP contribution is 2.24. The van der Waals surface area contributed by atoms with Crippen LogP contribution in [-0.2, 0) is 6.42 Å². The summed E-state index contributed by atoms with van der Waals surface area (Å²) in [5.41, 5.74) is 1.46. The van der Waals surface area contributed by atoms with Gasteiger partial charge in [-0.25, -0.2) is 0 Å². The van der Waals surface area contributed by atoms with Gasteiger partial charge in [-0.15, -0.1) is 0 Å². The number of hydrogen-bond donors (Lipinski definition) is 1. The van der Waals surface area contributed by atoms with Gasteiger partial charge in [0.05, 0.1) is 0 Å². The van der Waals surface area contributed by atoms with Crippen LogP contribution in [0.15, 0.2) is 30.3 Å². The normalized spacial score (nSPS) is 25.7. The van der Waals surface area contributed by atoms with E-state index in [0.29, 0.717) is 6.04 Å². The second kappa shape index (κ2) is 7.48. The molecule has 0 saturated carbocycles. The highest BCUT2D eigenvalue weighted by molar-refractivity contribution is 7.99. The van der Waals surface area contributed by atoms with Crippen LogP contribution in [0.5, 0.6) is 0 Å². The third-order valence-electron chi connectivity index (χ3n) is 4.52.